The van der Waals surface area contributed by atoms with Gasteiger partial charge in [0.25, 0.3) is 0 Å². The largest absolute Gasteiger partial charge is 0.481 e. The molecule has 0 heterocycles. The predicted octanol–water partition coefficient (Wildman–Crippen LogP) is 2.12. The maximum absolute atomic E-state index is 12.2. The van der Waals surface area contributed by atoms with Crippen LogP contribution in [0.25, 0.3) is 0 Å². The first-order valence-electron chi connectivity index (χ1n) is 4.44. The number of halogens is 3. The van der Waals surface area contributed by atoms with Crippen molar-refractivity contribution in [3.63, 3.8) is 0 Å². The van der Waals surface area contributed by atoms with Gasteiger partial charge < -0.3 is 10.5 Å². The van der Waals surface area contributed by atoms with Crippen LogP contribution >= 0.6 is 0 Å². The normalized spacial score (nSPS) is 13.2. The molecule has 0 aliphatic carbocycles. The van der Waals surface area contributed by atoms with E-state index in [1.165, 1.54) is 24.3 Å². The zero-order chi connectivity index (χ0) is 12.3. The topological polar surface area (TPSA) is 52.3 Å². The van der Waals surface area contributed by atoms with E-state index in [9.17, 15) is 18.0 Å². The Morgan fingerprint density at radius 3 is 2.56 bits per heavy atom. The molecule has 0 radical (unpaired) electrons. The van der Waals surface area contributed by atoms with Gasteiger partial charge in [-0.15, -0.1) is 0 Å². The molecule has 0 saturated carbocycles. The summed E-state index contributed by atoms with van der Waals surface area (Å²) in [6.07, 6.45) is -6.38. The van der Waals surface area contributed by atoms with E-state index in [-0.39, 0.29) is 11.3 Å². The number of ether oxygens (including phenoxy) is 1. The molecule has 1 aromatic rings. The Morgan fingerprint density at radius 1 is 1.44 bits per heavy atom. The van der Waals surface area contributed by atoms with Gasteiger partial charge in [0.1, 0.15) is 5.75 Å². The minimum Gasteiger partial charge on any atom is -0.481 e. The highest BCUT2D eigenvalue weighted by molar-refractivity contribution is 5.93. The average Bonchev–Trinajstić information content (AvgIpc) is 2.16. The second-order valence-corrected chi connectivity index (χ2v) is 3.19. The zero-order valence-corrected chi connectivity index (χ0v) is 8.41. The van der Waals surface area contributed by atoms with Crippen LogP contribution in [0.1, 0.15) is 17.3 Å². The molecule has 2 N–H and O–H groups in total. The van der Waals surface area contributed by atoms with Crippen LogP contribution in [0.4, 0.5) is 13.2 Å². The summed E-state index contributed by atoms with van der Waals surface area (Å²) in [7, 11) is 0. The quantitative estimate of drug-likeness (QED) is 0.869. The van der Waals surface area contributed by atoms with Gasteiger partial charge in [-0.25, -0.2) is 0 Å². The Labute approximate surface area is 90.0 Å². The number of rotatable bonds is 3. The van der Waals surface area contributed by atoms with E-state index in [1.54, 1.807) is 0 Å². The summed E-state index contributed by atoms with van der Waals surface area (Å²) >= 11 is 0. The zero-order valence-electron chi connectivity index (χ0n) is 8.41. The van der Waals surface area contributed by atoms with Crippen LogP contribution in [0.15, 0.2) is 24.3 Å². The number of carbonyl (C=O) groups excluding carboxylic acids is 1. The fourth-order valence-corrected chi connectivity index (χ4v) is 0.994. The lowest BCUT2D eigenvalue weighted by Gasteiger charge is -2.17. The molecule has 0 aliphatic heterocycles. The fraction of sp³-hybridized carbons (Fsp3) is 0.300. The maximum atomic E-state index is 12.2. The second kappa shape index (κ2) is 4.42. The van der Waals surface area contributed by atoms with Crippen molar-refractivity contribution in [1.82, 2.24) is 0 Å². The average molecular weight is 233 g/mol. The van der Waals surface area contributed by atoms with Crippen molar-refractivity contribution in [2.45, 2.75) is 19.2 Å². The van der Waals surface area contributed by atoms with Gasteiger partial charge in [-0.1, -0.05) is 6.07 Å². The Hall–Kier alpha value is -1.72. The standard InChI is InChI=1S/C10H10F3NO2/c1-6(10(11,12)13)16-8-4-2-3-7(5-8)9(14)15/h2-6H,1H3,(H2,14,15). The molecule has 0 aliphatic rings. The summed E-state index contributed by atoms with van der Waals surface area (Å²) in [6.45, 7) is 0.886. The van der Waals surface area contributed by atoms with Crippen LogP contribution in [0, 0.1) is 0 Å². The summed E-state index contributed by atoms with van der Waals surface area (Å²) in [5.41, 5.74) is 5.09. The molecule has 6 heteroatoms. The maximum Gasteiger partial charge on any atom is 0.425 e. The Morgan fingerprint density at radius 2 is 2.06 bits per heavy atom. The van der Waals surface area contributed by atoms with Crippen molar-refractivity contribution < 1.29 is 22.7 Å². The number of primary amides is 1. The number of nitrogens with two attached hydrogens (primary N) is 1. The van der Waals surface area contributed by atoms with Crippen LogP contribution in [0.2, 0.25) is 0 Å². The van der Waals surface area contributed by atoms with Gasteiger partial charge in [0, 0.05) is 5.56 Å². The summed E-state index contributed by atoms with van der Waals surface area (Å²) in [5.74, 6) is -0.758. The highest BCUT2D eigenvalue weighted by atomic mass is 19.4. The van der Waals surface area contributed by atoms with Crippen molar-refractivity contribution in [3.05, 3.63) is 29.8 Å². The summed E-state index contributed by atoms with van der Waals surface area (Å²) in [5, 5.41) is 0. The number of benzene rings is 1. The third-order valence-electron chi connectivity index (χ3n) is 1.89. The van der Waals surface area contributed by atoms with Crippen LogP contribution < -0.4 is 10.5 Å². The van der Waals surface area contributed by atoms with E-state index >= 15 is 0 Å². The van der Waals surface area contributed by atoms with Crippen LogP contribution in [-0.2, 0) is 0 Å². The summed E-state index contributed by atoms with van der Waals surface area (Å²) in [4.78, 5) is 10.8. The van der Waals surface area contributed by atoms with Crippen molar-refractivity contribution in [3.8, 4) is 5.75 Å². The molecule has 0 spiro atoms. The highest BCUT2D eigenvalue weighted by Gasteiger charge is 2.38. The molecule has 1 aromatic carbocycles. The molecule has 0 saturated heterocycles. The molecule has 0 fully saturated rings. The number of hydrogen-bond acceptors (Lipinski definition) is 2. The van der Waals surface area contributed by atoms with E-state index in [0.717, 1.165) is 6.92 Å². The van der Waals surface area contributed by atoms with E-state index in [4.69, 9.17) is 5.73 Å². The van der Waals surface area contributed by atoms with E-state index in [0.29, 0.717) is 0 Å². The number of amides is 1. The van der Waals surface area contributed by atoms with Crippen LogP contribution in [-0.4, -0.2) is 18.2 Å². The van der Waals surface area contributed by atoms with Crippen molar-refractivity contribution in [1.29, 1.82) is 0 Å². The first-order chi connectivity index (χ1) is 7.30. The van der Waals surface area contributed by atoms with Gasteiger partial charge >= 0.3 is 6.18 Å². The molecule has 16 heavy (non-hydrogen) atoms. The lowest BCUT2D eigenvalue weighted by molar-refractivity contribution is -0.189. The van der Waals surface area contributed by atoms with Crippen molar-refractivity contribution in [2.75, 3.05) is 0 Å². The van der Waals surface area contributed by atoms with E-state index < -0.39 is 18.2 Å². The molecule has 3 nitrogen and oxygen atoms in total. The number of hydrogen-bond donors (Lipinski definition) is 1. The van der Waals surface area contributed by atoms with Gasteiger partial charge in [0.15, 0.2) is 6.10 Å². The Bertz CT molecular complexity index is 390. The van der Waals surface area contributed by atoms with Crippen LogP contribution in [0.3, 0.4) is 0 Å². The Balaban J connectivity index is 2.82. The van der Waals surface area contributed by atoms with Gasteiger partial charge in [0.05, 0.1) is 0 Å². The molecule has 1 amide bonds. The first-order valence-corrected chi connectivity index (χ1v) is 4.44. The van der Waals surface area contributed by atoms with E-state index in [2.05, 4.69) is 4.74 Å². The van der Waals surface area contributed by atoms with Crippen molar-refractivity contribution >= 4 is 5.91 Å². The lowest BCUT2D eigenvalue weighted by Crippen LogP contribution is -2.31. The SMILES string of the molecule is CC(Oc1cccc(C(N)=O)c1)C(F)(F)F. The van der Waals surface area contributed by atoms with Gasteiger partial charge in [-0.2, -0.15) is 13.2 Å². The molecule has 1 rings (SSSR count). The van der Waals surface area contributed by atoms with Crippen LogP contribution in [0.5, 0.6) is 5.75 Å². The first kappa shape index (κ1) is 12.4. The molecule has 0 aromatic heterocycles. The fourth-order valence-electron chi connectivity index (χ4n) is 0.994. The molecule has 1 atom stereocenters. The number of carbonyl (C=O) groups is 1. The summed E-state index contributed by atoms with van der Waals surface area (Å²) in [6, 6.07) is 5.30. The Kier molecular flexibility index (Phi) is 3.41. The molecule has 0 bridgehead atoms. The summed E-state index contributed by atoms with van der Waals surface area (Å²) < 4.78 is 41.2. The van der Waals surface area contributed by atoms with E-state index in [1.807, 2.05) is 0 Å². The molecular weight excluding hydrogens is 223 g/mol. The highest BCUT2D eigenvalue weighted by Crippen LogP contribution is 2.25. The molecular formula is C10H10F3NO2. The van der Waals surface area contributed by atoms with Gasteiger partial charge in [-0.05, 0) is 25.1 Å². The predicted molar refractivity (Wildman–Crippen MR) is 51.1 cm³/mol. The second-order valence-electron chi connectivity index (χ2n) is 3.19. The third-order valence-corrected chi connectivity index (χ3v) is 1.89. The molecule has 88 valence electrons. The monoisotopic (exact) mass is 233 g/mol. The smallest absolute Gasteiger partial charge is 0.425 e. The van der Waals surface area contributed by atoms with Crippen molar-refractivity contribution in [2.24, 2.45) is 5.73 Å². The lowest BCUT2D eigenvalue weighted by atomic mass is 10.2. The molecule has 1 unspecified atom stereocenters. The minimum absolute atomic E-state index is 0.0406. The van der Waals surface area contributed by atoms with Gasteiger partial charge in [-0.3, -0.25) is 4.79 Å². The van der Waals surface area contributed by atoms with Gasteiger partial charge in [0.2, 0.25) is 5.91 Å². The third kappa shape index (κ3) is 3.15. The minimum atomic E-state index is -4.44. The number of alkyl halides is 3.